The summed E-state index contributed by atoms with van der Waals surface area (Å²) in [6, 6.07) is 11.3. The van der Waals surface area contributed by atoms with Crippen LogP contribution in [0.25, 0.3) is 34.3 Å². The average molecular weight is 517 g/mol. The minimum absolute atomic E-state index is 0.179. The fraction of sp³-hybridized carbons (Fsp3) is 0.115. The van der Waals surface area contributed by atoms with E-state index in [1.165, 1.54) is 59.0 Å². The molecule has 0 N–H and O–H groups in total. The third kappa shape index (κ3) is 1.92. The van der Waals surface area contributed by atoms with E-state index in [0.717, 1.165) is 10.9 Å². The molecule has 0 spiro atoms. The number of benzene rings is 2. The molecule has 3 aromatic rings. The molecule has 7 rings (SSSR count). The van der Waals surface area contributed by atoms with E-state index in [1.54, 1.807) is 0 Å². The quantitative estimate of drug-likeness (QED) is 0.402. The summed E-state index contributed by atoms with van der Waals surface area (Å²) < 4.78 is 7.42. The van der Waals surface area contributed by atoms with E-state index in [4.69, 9.17) is 0 Å². The largest absolute Gasteiger partial charge is 0.301 e. The lowest BCUT2D eigenvalue weighted by atomic mass is 9.95. The molecule has 0 saturated heterocycles. The first-order valence-corrected chi connectivity index (χ1v) is 11.8. The highest BCUT2D eigenvalue weighted by Gasteiger charge is 2.46. The van der Waals surface area contributed by atoms with Crippen LogP contribution < -0.4 is 25.7 Å². The van der Waals surface area contributed by atoms with Crippen molar-refractivity contribution in [2.24, 2.45) is 0 Å². The first kappa shape index (κ1) is 17.3. The summed E-state index contributed by atoms with van der Waals surface area (Å²) in [5.41, 5.74) is 6.60. The second kappa shape index (κ2) is 5.83. The van der Waals surface area contributed by atoms with E-state index < -0.39 is 0 Å². The Balaban J connectivity index is 1.85. The number of aryl methyl sites for hydroxylation is 1. The third-order valence-corrected chi connectivity index (χ3v) is 8.01. The molecule has 0 amide bonds. The molecular formula is C26H17Br2N2+. The van der Waals surface area contributed by atoms with Gasteiger partial charge in [-0.3, -0.25) is 0 Å². The predicted molar refractivity (Wildman–Crippen MR) is 131 cm³/mol. The van der Waals surface area contributed by atoms with E-state index in [1.807, 2.05) is 0 Å². The molecule has 2 aromatic carbocycles. The smallest absolute Gasteiger partial charge is 0.234 e. The number of hydrogen-bond donors (Lipinski definition) is 0. The molecule has 0 bridgehead atoms. The number of halogens is 2. The number of para-hydroxylation sites is 1. The Morgan fingerprint density at radius 3 is 2.87 bits per heavy atom. The Bertz CT molecular complexity index is 1690. The van der Waals surface area contributed by atoms with Crippen molar-refractivity contribution in [2.45, 2.75) is 19.4 Å². The minimum Gasteiger partial charge on any atom is -0.301 e. The zero-order valence-electron chi connectivity index (χ0n) is 16.3. The molecule has 4 aliphatic rings. The van der Waals surface area contributed by atoms with Crippen molar-refractivity contribution in [3.8, 4) is 0 Å². The van der Waals surface area contributed by atoms with Crippen LogP contribution in [0.2, 0.25) is 0 Å². The summed E-state index contributed by atoms with van der Waals surface area (Å²) in [4.78, 5) is 0. The highest BCUT2D eigenvalue weighted by Crippen LogP contribution is 2.44. The highest BCUT2D eigenvalue weighted by molar-refractivity contribution is 9.12. The molecule has 2 aliphatic carbocycles. The van der Waals surface area contributed by atoms with Gasteiger partial charge in [-0.2, -0.15) is 4.58 Å². The maximum atomic E-state index is 3.90. The van der Waals surface area contributed by atoms with Crippen molar-refractivity contribution in [1.29, 1.82) is 0 Å². The summed E-state index contributed by atoms with van der Waals surface area (Å²) in [5.74, 6) is 0. The van der Waals surface area contributed by atoms with E-state index in [-0.39, 0.29) is 6.04 Å². The molecule has 0 radical (unpaired) electrons. The van der Waals surface area contributed by atoms with E-state index in [9.17, 15) is 0 Å². The van der Waals surface area contributed by atoms with Crippen LogP contribution in [0.15, 0.2) is 63.6 Å². The van der Waals surface area contributed by atoms with Crippen molar-refractivity contribution in [2.75, 3.05) is 0 Å². The van der Waals surface area contributed by atoms with Crippen molar-refractivity contribution >= 4 is 71.9 Å². The van der Waals surface area contributed by atoms with Crippen LogP contribution in [0.1, 0.15) is 12.0 Å². The van der Waals surface area contributed by atoms with E-state index >= 15 is 0 Å². The summed E-state index contributed by atoms with van der Waals surface area (Å²) in [5, 5.41) is 6.51. The van der Waals surface area contributed by atoms with Gasteiger partial charge in [0.2, 0.25) is 17.1 Å². The minimum atomic E-state index is 0.179. The fourth-order valence-electron chi connectivity index (χ4n) is 5.61. The summed E-state index contributed by atoms with van der Waals surface area (Å²) in [6.07, 6.45) is 14.5. The van der Waals surface area contributed by atoms with Crippen molar-refractivity contribution < 1.29 is 0 Å². The van der Waals surface area contributed by atoms with Crippen LogP contribution in [0.3, 0.4) is 0 Å². The maximum absolute atomic E-state index is 3.90. The lowest BCUT2D eigenvalue weighted by molar-refractivity contribution is 0.707. The fourth-order valence-corrected chi connectivity index (χ4v) is 6.92. The Labute approximate surface area is 190 Å². The van der Waals surface area contributed by atoms with Gasteiger partial charge in [0.15, 0.2) is 0 Å². The number of aromatic nitrogens is 1. The van der Waals surface area contributed by atoms with Gasteiger partial charge in [0.1, 0.15) is 5.52 Å². The molecule has 3 heterocycles. The Kier molecular flexibility index (Phi) is 3.36. The number of fused-ring (bicyclic) bond motifs is 6. The lowest BCUT2D eigenvalue weighted by Crippen LogP contribution is -2.42. The monoisotopic (exact) mass is 515 g/mol. The zero-order valence-corrected chi connectivity index (χ0v) is 19.5. The zero-order chi connectivity index (χ0) is 20.1. The van der Waals surface area contributed by atoms with Crippen LogP contribution >= 0.6 is 31.9 Å². The topological polar surface area (TPSA) is 7.94 Å². The van der Waals surface area contributed by atoms with Crippen LogP contribution in [0.5, 0.6) is 0 Å². The Hall–Kier alpha value is -2.43. The van der Waals surface area contributed by atoms with Crippen molar-refractivity contribution in [3.05, 3.63) is 90.3 Å². The molecular weight excluding hydrogens is 500 g/mol. The second-order valence-electron chi connectivity index (χ2n) is 8.23. The van der Waals surface area contributed by atoms with Crippen molar-refractivity contribution in [3.63, 3.8) is 0 Å². The van der Waals surface area contributed by atoms with Gasteiger partial charge < -0.3 is 4.57 Å². The molecule has 1 unspecified atom stereocenters. The number of nitrogens with zero attached hydrogens (tertiary/aromatic N) is 2. The van der Waals surface area contributed by atoms with Gasteiger partial charge in [0.05, 0.1) is 21.8 Å². The van der Waals surface area contributed by atoms with Gasteiger partial charge in [-0.05, 0) is 37.6 Å². The first-order chi connectivity index (χ1) is 14.7. The van der Waals surface area contributed by atoms with E-state index in [2.05, 4.69) is 115 Å². The summed E-state index contributed by atoms with van der Waals surface area (Å²) in [7, 11) is 0. The molecule has 144 valence electrons. The lowest BCUT2D eigenvalue weighted by Gasteiger charge is -2.28. The predicted octanol–water partition coefficient (Wildman–Crippen LogP) is 3.74. The highest BCUT2D eigenvalue weighted by atomic mass is 79.9. The second-order valence-corrected chi connectivity index (χ2v) is 9.93. The first-order valence-electron chi connectivity index (χ1n) is 10.2. The van der Waals surface area contributed by atoms with Gasteiger partial charge in [-0.15, -0.1) is 0 Å². The average Bonchev–Trinajstić information content (AvgIpc) is 3.14. The molecule has 1 aromatic heterocycles. The van der Waals surface area contributed by atoms with Gasteiger partial charge >= 0.3 is 0 Å². The van der Waals surface area contributed by atoms with Crippen LogP contribution in [-0.2, 0) is 0 Å². The molecule has 0 saturated carbocycles. The summed E-state index contributed by atoms with van der Waals surface area (Å²) >= 11 is 7.77. The van der Waals surface area contributed by atoms with Crippen LogP contribution in [0, 0.1) is 6.92 Å². The Morgan fingerprint density at radius 2 is 1.97 bits per heavy atom. The molecule has 0 fully saturated rings. The molecule has 30 heavy (non-hydrogen) atoms. The Morgan fingerprint density at radius 1 is 1.10 bits per heavy atom. The van der Waals surface area contributed by atoms with Gasteiger partial charge in [0.25, 0.3) is 0 Å². The van der Waals surface area contributed by atoms with Gasteiger partial charge in [-0.25, -0.2) is 0 Å². The SMILES string of the molecule is Cc1cc(Br)c2c3c(n4c2c1[N+]1=c2ccccc2=C2C(Br)=CC=C4C21)=CCC=CC=3. The molecule has 2 nitrogen and oxygen atoms in total. The number of allylic oxidation sites excluding steroid dienone is 4. The molecule has 2 aliphatic heterocycles. The normalized spacial score (nSPS) is 20.0. The number of hydrogen-bond acceptors (Lipinski definition) is 0. The van der Waals surface area contributed by atoms with Crippen LogP contribution in [-0.4, -0.2) is 10.6 Å². The van der Waals surface area contributed by atoms with Gasteiger partial charge in [0, 0.05) is 31.2 Å². The number of rotatable bonds is 0. The maximum Gasteiger partial charge on any atom is 0.234 e. The molecule has 1 atom stereocenters. The standard InChI is InChI=1S/C26H17Br2N2/c1-14-13-18(28)23-15-7-3-2-4-9-19(15)29-21-12-11-17(27)22-16-8-5-6-10-20(16)30(25(21)22)24(14)26(23)29/h2-3,5-13,25H,4H2,1H3/q+1. The summed E-state index contributed by atoms with van der Waals surface area (Å²) in [6.45, 7) is 2.23. The van der Waals surface area contributed by atoms with E-state index in [0.29, 0.717) is 0 Å². The van der Waals surface area contributed by atoms with Crippen molar-refractivity contribution in [1.82, 2.24) is 9.14 Å². The molecule has 4 heteroatoms. The van der Waals surface area contributed by atoms with Gasteiger partial charge in [-0.1, -0.05) is 68.3 Å². The third-order valence-electron chi connectivity index (χ3n) is 6.70. The van der Waals surface area contributed by atoms with Crippen LogP contribution in [0.4, 0.5) is 5.69 Å².